The van der Waals surface area contributed by atoms with E-state index < -0.39 is 0 Å². The monoisotopic (exact) mass is 279 g/mol. The molecule has 0 saturated heterocycles. The summed E-state index contributed by atoms with van der Waals surface area (Å²) in [5.41, 5.74) is 2.67. The molecule has 3 heteroatoms. The zero-order chi connectivity index (χ0) is 13.1. The number of hydrogen-bond donors (Lipinski definition) is 1. The Hall–Kier alpha value is -0.830. The van der Waals surface area contributed by atoms with E-state index in [-0.39, 0.29) is 0 Å². The van der Waals surface area contributed by atoms with E-state index >= 15 is 0 Å². The molecule has 0 radical (unpaired) electrons. The Morgan fingerprint density at radius 2 is 2.06 bits per heavy atom. The van der Waals surface area contributed by atoms with E-state index in [1.807, 2.05) is 36.6 Å². The molecule has 1 heterocycles. The lowest BCUT2D eigenvalue weighted by atomic mass is 9.99. The van der Waals surface area contributed by atoms with Crippen LogP contribution < -0.4 is 5.32 Å². The van der Waals surface area contributed by atoms with Crippen molar-refractivity contribution in [3.63, 3.8) is 0 Å². The third kappa shape index (κ3) is 3.14. The van der Waals surface area contributed by atoms with Gasteiger partial charge in [-0.25, -0.2) is 0 Å². The Balaban J connectivity index is 2.22. The van der Waals surface area contributed by atoms with Gasteiger partial charge in [0.1, 0.15) is 0 Å². The second kappa shape index (κ2) is 5.87. The average molecular weight is 280 g/mol. The number of aryl methyl sites for hydroxylation is 2. The van der Waals surface area contributed by atoms with E-state index in [0.29, 0.717) is 6.04 Å². The maximum absolute atomic E-state index is 6.03. The number of thiophene rings is 1. The van der Waals surface area contributed by atoms with Gasteiger partial charge in [0.05, 0.1) is 0 Å². The van der Waals surface area contributed by atoms with Gasteiger partial charge < -0.3 is 5.32 Å². The van der Waals surface area contributed by atoms with Gasteiger partial charge in [0.25, 0.3) is 0 Å². The summed E-state index contributed by atoms with van der Waals surface area (Å²) in [4.78, 5) is 2.77. The molecular formula is C15H18ClNS. The van der Waals surface area contributed by atoms with Crippen LogP contribution >= 0.6 is 22.9 Å². The first-order valence-corrected chi connectivity index (χ1v) is 7.28. The fraction of sp³-hybridized carbons (Fsp3) is 0.333. The fourth-order valence-corrected chi connectivity index (χ4v) is 3.46. The molecule has 0 aliphatic carbocycles. The van der Waals surface area contributed by atoms with Gasteiger partial charge in [0, 0.05) is 20.8 Å². The molecule has 1 atom stereocenters. The number of hydrogen-bond acceptors (Lipinski definition) is 2. The molecule has 1 N–H and O–H groups in total. The van der Waals surface area contributed by atoms with E-state index in [1.165, 1.54) is 20.9 Å². The SMILES string of the molecule is CNC(Cc1cccc(Cl)c1)c1cc(C)sc1C. The second-order valence-corrected chi connectivity index (χ2v) is 6.44. The van der Waals surface area contributed by atoms with Crippen molar-refractivity contribution in [1.82, 2.24) is 5.32 Å². The Morgan fingerprint density at radius 1 is 1.28 bits per heavy atom. The Labute approximate surface area is 118 Å². The van der Waals surface area contributed by atoms with Crippen molar-refractivity contribution in [3.8, 4) is 0 Å². The average Bonchev–Trinajstić information content (AvgIpc) is 2.65. The lowest BCUT2D eigenvalue weighted by Crippen LogP contribution is -2.19. The number of benzene rings is 1. The van der Waals surface area contributed by atoms with Crippen molar-refractivity contribution in [2.75, 3.05) is 7.05 Å². The van der Waals surface area contributed by atoms with Crippen LogP contribution in [-0.4, -0.2) is 7.05 Å². The maximum Gasteiger partial charge on any atom is 0.0408 e. The zero-order valence-corrected chi connectivity index (χ0v) is 12.5. The largest absolute Gasteiger partial charge is 0.313 e. The molecule has 0 aliphatic rings. The molecule has 2 aromatic rings. The summed E-state index contributed by atoms with van der Waals surface area (Å²) < 4.78 is 0. The van der Waals surface area contributed by atoms with Gasteiger partial charge in [0.15, 0.2) is 0 Å². The van der Waals surface area contributed by atoms with Crippen LogP contribution in [0.1, 0.15) is 26.9 Å². The summed E-state index contributed by atoms with van der Waals surface area (Å²) in [5, 5.41) is 4.21. The van der Waals surface area contributed by atoms with Crippen molar-refractivity contribution in [2.45, 2.75) is 26.3 Å². The minimum Gasteiger partial charge on any atom is -0.313 e. The van der Waals surface area contributed by atoms with Gasteiger partial charge in [-0.15, -0.1) is 11.3 Å². The predicted octanol–water partition coefficient (Wildman–Crippen LogP) is 4.52. The van der Waals surface area contributed by atoms with E-state index in [9.17, 15) is 0 Å². The number of rotatable bonds is 4. The maximum atomic E-state index is 6.03. The van der Waals surface area contributed by atoms with Crippen molar-refractivity contribution in [2.24, 2.45) is 0 Å². The predicted molar refractivity (Wildman–Crippen MR) is 80.7 cm³/mol. The zero-order valence-electron chi connectivity index (χ0n) is 11.0. The molecule has 1 aromatic heterocycles. The van der Waals surface area contributed by atoms with E-state index in [1.54, 1.807) is 0 Å². The van der Waals surface area contributed by atoms with Crippen molar-refractivity contribution < 1.29 is 0 Å². The molecule has 0 saturated carbocycles. The van der Waals surface area contributed by atoms with Gasteiger partial charge in [-0.3, -0.25) is 0 Å². The summed E-state index contributed by atoms with van der Waals surface area (Å²) in [6.45, 7) is 4.35. The van der Waals surface area contributed by atoms with Crippen LogP contribution in [0.25, 0.3) is 0 Å². The van der Waals surface area contributed by atoms with Crippen LogP contribution in [0.4, 0.5) is 0 Å². The number of halogens is 1. The number of nitrogens with one attached hydrogen (secondary N) is 1. The molecule has 96 valence electrons. The molecule has 1 aromatic carbocycles. The van der Waals surface area contributed by atoms with Crippen LogP contribution in [0.15, 0.2) is 30.3 Å². The molecule has 1 nitrogen and oxygen atoms in total. The summed E-state index contributed by atoms with van der Waals surface area (Å²) in [5.74, 6) is 0. The first-order valence-electron chi connectivity index (χ1n) is 6.09. The van der Waals surface area contributed by atoms with Gasteiger partial charge in [0.2, 0.25) is 0 Å². The molecule has 0 spiro atoms. The van der Waals surface area contributed by atoms with E-state index in [2.05, 4.69) is 31.3 Å². The van der Waals surface area contributed by atoms with Gasteiger partial charge in [-0.1, -0.05) is 23.7 Å². The highest BCUT2D eigenvalue weighted by Gasteiger charge is 2.14. The van der Waals surface area contributed by atoms with Gasteiger partial charge in [-0.05, 0) is 56.6 Å². The van der Waals surface area contributed by atoms with Crippen LogP contribution in [-0.2, 0) is 6.42 Å². The molecule has 0 fully saturated rings. The summed E-state index contributed by atoms with van der Waals surface area (Å²) in [7, 11) is 2.02. The molecular weight excluding hydrogens is 262 g/mol. The topological polar surface area (TPSA) is 12.0 Å². The van der Waals surface area contributed by atoms with Gasteiger partial charge >= 0.3 is 0 Å². The quantitative estimate of drug-likeness (QED) is 0.868. The molecule has 0 amide bonds. The highest BCUT2D eigenvalue weighted by molar-refractivity contribution is 7.12. The van der Waals surface area contributed by atoms with E-state index in [4.69, 9.17) is 11.6 Å². The molecule has 1 unspecified atom stereocenters. The van der Waals surface area contributed by atoms with Crippen molar-refractivity contribution in [3.05, 3.63) is 56.2 Å². The molecule has 0 aliphatic heterocycles. The Morgan fingerprint density at radius 3 is 2.61 bits per heavy atom. The number of likely N-dealkylation sites (N-methyl/N-ethyl adjacent to an activating group) is 1. The molecule has 18 heavy (non-hydrogen) atoms. The first kappa shape index (κ1) is 13.6. The van der Waals surface area contributed by atoms with Crippen molar-refractivity contribution >= 4 is 22.9 Å². The summed E-state index contributed by atoms with van der Waals surface area (Å²) in [6, 6.07) is 10.7. The molecule has 0 bridgehead atoms. The van der Waals surface area contributed by atoms with Crippen molar-refractivity contribution in [1.29, 1.82) is 0 Å². The third-order valence-corrected chi connectivity index (χ3v) is 4.35. The summed E-state index contributed by atoms with van der Waals surface area (Å²) >= 11 is 7.90. The van der Waals surface area contributed by atoms with Crippen LogP contribution in [0.3, 0.4) is 0 Å². The first-order chi connectivity index (χ1) is 8.60. The summed E-state index contributed by atoms with van der Waals surface area (Å²) in [6.07, 6.45) is 0.966. The fourth-order valence-electron chi connectivity index (χ4n) is 2.26. The lowest BCUT2D eigenvalue weighted by molar-refractivity contribution is 0.591. The minimum absolute atomic E-state index is 0.355. The lowest BCUT2D eigenvalue weighted by Gasteiger charge is -2.16. The highest BCUT2D eigenvalue weighted by Crippen LogP contribution is 2.28. The van der Waals surface area contributed by atoms with Crippen LogP contribution in [0.5, 0.6) is 0 Å². The minimum atomic E-state index is 0.355. The standard InChI is InChI=1S/C15H18ClNS/c1-10-7-14(11(2)18-10)15(17-3)9-12-5-4-6-13(16)8-12/h4-8,15,17H,9H2,1-3H3. The highest BCUT2D eigenvalue weighted by atomic mass is 35.5. The van der Waals surface area contributed by atoms with Crippen LogP contribution in [0.2, 0.25) is 5.02 Å². The second-order valence-electron chi connectivity index (χ2n) is 4.54. The smallest absolute Gasteiger partial charge is 0.0408 e. The van der Waals surface area contributed by atoms with Gasteiger partial charge in [-0.2, -0.15) is 0 Å². The Kier molecular flexibility index (Phi) is 4.44. The van der Waals surface area contributed by atoms with Crippen LogP contribution in [0, 0.1) is 13.8 Å². The normalized spacial score (nSPS) is 12.7. The molecule has 2 rings (SSSR count). The van der Waals surface area contributed by atoms with E-state index in [0.717, 1.165) is 11.4 Å². The third-order valence-electron chi connectivity index (χ3n) is 3.13. The Bertz CT molecular complexity index is 533.